The van der Waals surface area contributed by atoms with E-state index >= 15 is 0 Å². The van der Waals surface area contributed by atoms with Crippen LogP contribution in [0.4, 0.5) is 0 Å². The van der Waals surface area contributed by atoms with Crippen molar-refractivity contribution in [2.75, 3.05) is 0 Å². The fraction of sp³-hybridized carbons (Fsp3) is 0.300. The van der Waals surface area contributed by atoms with Crippen molar-refractivity contribution in [3.05, 3.63) is 71.8 Å². The SMILES string of the molecule is CCCC[Si](C)(c1ccccc1)C1C=Cc2ccccc21. The van der Waals surface area contributed by atoms with E-state index in [9.17, 15) is 0 Å². The monoisotopic (exact) mass is 292 g/mol. The van der Waals surface area contributed by atoms with Crippen LogP contribution < -0.4 is 5.19 Å². The summed E-state index contributed by atoms with van der Waals surface area (Å²) in [5.41, 5.74) is 3.60. The summed E-state index contributed by atoms with van der Waals surface area (Å²) in [6.45, 7) is 4.88. The Labute approximate surface area is 129 Å². The molecule has 0 bridgehead atoms. The highest BCUT2D eigenvalue weighted by Gasteiger charge is 2.39. The zero-order chi connectivity index (χ0) is 14.7. The number of hydrogen-bond donors (Lipinski definition) is 0. The lowest BCUT2D eigenvalue weighted by Gasteiger charge is -2.34. The maximum Gasteiger partial charge on any atom is 0.0949 e. The van der Waals surface area contributed by atoms with Gasteiger partial charge in [0.05, 0.1) is 8.07 Å². The van der Waals surface area contributed by atoms with Crippen LogP contribution >= 0.6 is 0 Å². The molecule has 0 saturated heterocycles. The molecule has 2 aromatic carbocycles. The lowest BCUT2D eigenvalue weighted by atomic mass is 10.1. The molecule has 1 aliphatic rings. The molecule has 0 nitrogen and oxygen atoms in total. The topological polar surface area (TPSA) is 0 Å². The van der Waals surface area contributed by atoms with Crippen LogP contribution in [-0.4, -0.2) is 8.07 Å². The first-order valence-electron chi connectivity index (χ1n) is 8.08. The summed E-state index contributed by atoms with van der Waals surface area (Å²) in [6, 6.07) is 21.6. The van der Waals surface area contributed by atoms with Crippen molar-refractivity contribution in [1.29, 1.82) is 0 Å². The average Bonchev–Trinajstić information content (AvgIpc) is 2.98. The number of unbranched alkanes of at least 4 members (excludes halogenated alkanes) is 1. The van der Waals surface area contributed by atoms with E-state index in [4.69, 9.17) is 0 Å². The molecule has 1 heteroatoms. The van der Waals surface area contributed by atoms with E-state index in [0.717, 1.165) is 0 Å². The second-order valence-electron chi connectivity index (χ2n) is 6.35. The van der Waals surface area contributed by atoms with Gasteiger partial charge in [-0.1, -0.05) is 104 Å². The Balaban J connectivity index is 2.03. The van der Waals surface area contributed by atoms with E-state index in [1.807, 2.05) is 0 Å². The first kappa shape index (κ1) is 14.3. The maximum absolute atomic E-state index is 2.58. The molecule has 2 unspecified atom stereocenters. The van der Waals surface area contributed by atoms with Gasteiger partial charge in [-0.25, -0.2) is 0 Å². The molecule has 0 aromatic heterocycles. The Kier molecular flexibility index (Phi) is 4.11. The molecule has 0 radical (unpaired) electrons. The highest BCUT2D eigenvalue weighted by atomic mass is 28.3. The number of rotatable bonds is 5. The van der Waals surface area contributed by atoms with Crippen molar-refractivity contribution in [2.24, 2.45) is 0 Å². The summed E-state index contributed by atoms with van der Waals surface area (Å²) in [5, 5.41) is 1.60. The second kappa shape index (κ2) is 6.03. The third kappa shape index (κ3) is 2.63. The summed E-state index contributed by atoms with van der Waals surface area (Å²) in [4.78, 5) is 0. The number of hydrogen-bond acceptors (Lipinski definition) is 0. The molecule has 0 spiro atoms. The van der Waals surface area contributed by atoms with Crippen LogP contribution in [0.2, 0.25) is 12.6 Å². The third-order valence-electron chi connectivity index (χ3n) is 4.97. The van der Waals surface area contributed by atoms with Crippen molar-refractivity contribution >= 4 is 19.3 Å². The van der Waals surface area contributed by atoms with Crippen LogP contribution in [0, 0.1) is 0 Å². The van der Waals surface area contributed by atoms with Gasteiger partial charge in [0.15, 0.2) is 0 Å². The molecule has 0 heterocycles. The van der Waals surface area contributed by atoms with Gasteiger partial charge in [-0.05, 0) is 11.1 Å². The van der Waals surface area contributed by atoms with Crippen molar-refractivity contribution in [2.45, 2.75) is 37.9 Å². The van der Waals surface area contributed by atoms with E-state index in [0.29, 0.717) is 5.54 Å². The molecule has 2 aromatic rings. The summed E-state index contributed by atoms with van der Waals surface area (Å²) in [7, 11) is -1.55. The van der Waals surface area contributed by atoms with Crippen molar-refractivity contribution in [3.8, 4) is 0 Å². The van der Waals surface area contributed by atoms with Gasteiger partial charge in [0.2, 0.25) is 0 Å². The Bertz CT molecular complexity index is 629. The quantitative estimate of drug-likeness (QED) is 0.671. The third-order valence-corrected chi connectivity index (χ3v) is 9.89. The second-order valence-corrected chi connectivity index (χ2v) is 10.9. The summed E-state index contributed by atoms with van der Waals surface area (Å²) in [6.07, 6.45) is 7.43. The van der Waals surface area contributed by atoms with Crippen LogP contribution in [0.3, 0.4) is 0 Å². The summed E-state index contributed by atoms with van der Waals surface area (Å²) in [5.74, 6) is 0. The lowest BCUT2D eigenvalue weighted by molar-refractivity contribution is 0.860. The van der Waals surface area contributed by atoms with E-state index in [1.165, 1.54) is 24.4 Å². The smallest absolute Gasteiger partial charge is 0.0787 e. The first-order chi connectivity index (χ1) is 10.3. The fourth-order valence-corrected chi connectivity index (χ4v) is 8.12. The predicted molar refractivity (Wildman–Crippen MR) is 95.6 cm³/mol. The molecule has 0 N–H and O–H groups in total. The standard InChI is InChI=1S/C20H24Si/c1-3-4-16-21(2,18-11-6-5-7-12-18)20-15-14-17-10-8-9-13-19(17)20/h5-15,20H,3-4,16H2,1-2H3. The van der Waals surface area contributed by atoms with Crippen LogP contribution in [0.15, 0.2) is 60.7 Å². The molecule has 21 heavy (non-hydrogen) atoms. The normalized spacial score (nSPS) is 19.2. The van der Waals surface area contributed by atoms with Gasteiger partial charge >= 0.3 is 0 Å². The molecular formula is C20H24Si. The van der Waals surface area contributed by atoms with Crippen molar-refractivity contribution in [3.63, 3.8) is 0 Å². The first-order valence-corrected chi connectivity index (χ1v) is 10.9. The van der Waals surface area contributed by atoms with E-state index < -0.39 is 8.07 Å². The van der Waals surface area contributed by atoms with Crippen molar-refractivity contribution in [1.82, 2.24) is 0 Å². The number of allylic oxidation sites excluding steroid dienone is 1. The van der Waals surface area contributed by atoms with Crippen LogP contribution in [0.25, 0.3) is 6.08 Å². The number of fused-ring (bicyclic) bond motifs is 1. The van der Waals surface area contributed by atoms with Gasteiger partial charge in [-0.3, -0.25) is 0 Å². The number of benzene rings is 2. The molecule has 0 amide bonds. The van der Waals surface area contributed by atoms with Crippen molar-refractivity contribution < 1.29 is 0 Å². The summed E-state index contributed by atoms with van der Waals surface area (Å²) < 4.78 is 0. The van der Waals surface area contributed by atoms with Gasteiger partial charge < -0.3 is 0 Å². The van der Waals surface area contributed by atoms with Crippen LogP contribution in [0.1, 0.15) is 36.4 Å². The van der Waals surface area contributed by atoms with Gasteiger partial charge in [-0.2, -0.15) is 0 Å². The minimum absolute atomic E-state index is 0.627. The molecule has 0 saturated carbocycles. The van der Waals surface area contributed by atoms with Crippen LogP contribution in [0.5, 0.6) is 0 Å². The van der Waals surface area contributed by atoms with Gasteiger partial charge in [0.1, 0.15) is 0 Å². The fourth-order valence-electron chi connectivity index (χ4n) is 3.65. The lowest BCUT2D eigenvalue weighted by Crippen LogP contribution is -2.49. The molecule has 2 atom stereocenters. The Morgan fingerprint density at radius 1 is 0.952 bits per heavy atom. The molecule has 0 aliphatic heterocycles. The molecular weight excluding hydrogens is 268 g/mol. The highest BCUT2D eigenvalue weighted by Crippen LogP contribution is 2.39. The molecule has 108 valence electrons. The summed E-state index contributed by atoms with van der Waals surface area (Å²) >= 11 is 0. The maximum atomic E-state index is 2.58. The highest BCUT2D eigenvalue weighted by molar-refractivity contribution is 6.92. The molecule has 0 fully saturated rings. The minimum atomic E-state index is -1.55. The van der Waals surface area contributed by atoms with Crippen LogP contribution in [-0.2, 0) is 0 Å². The van der Waals surface area contributed by atoms with E-state index in [2.05, 4.69) is 80.2 Å². The van der Waals surface area contributed by atoms with Gasteiger partial charge in [0, 0.05) is 5.54 Å². The minimum Gasteiger partial charge on any atom is -0.0787 e. The van der Waals surface area contributed by atoms with Gasteiger partial charge in [0.25, 0.3) is 0 Å². The molecule has 1 aliphatic carbocycles. The largest absolute Gasteiger partial charge is 0.0949 e. The zero-order valence-corrected chi connectivity index (χ0v) is 14.0. The predicted octanol–water partition coefficient (Wildman–Crippen LogP) is 5.12. The van der Waals surface area contributed by atoms with E-state index in [1.54, 1.807) is 10.8 Å². The Morgan fingerprint density at radius 3 is 2.43 bits per heavy atom. The Hall–Kier alpha value is -1.60. The van der Waals surface area contributed by atoms with Gasteiger partial charge in [-0.15, -0.1) is 0 Å². The molecule has 3 rings (SSSR count). The van der Waals surface area contributed by atoms with E-state index in [-0.39, 0.29) is 0 Å². The average molecular weight is 292 g/mol. The zero-order valence-electron chi connectivity index (χ0n) is 13.0. The Morgan fingerprint density at radius 2 is 1.67 bits per heavy atom.